The Kier molecular flexibility index (Phi) is 11.9. The Bertz CT molecular complexity index is 2430. The van der Waals surface area contributed by atoms with Crippen LogP contribution in [-0.4, -0.2) is 96.4 Å². The van der Waals surface area contributed by atoms with E-state index in [9.17, 15) is 124 Å². The number of rotatable bonds is 14. The Morgan fingerprint density at radius 1 is 0.388 bits per heavy atom. The second-order valence-electron chi connectivity index (χ2n) is 13.7. The van der Waals surface area contributed by atoms with Crippen LogP contribution in [0.2, 0.25) is 0 Å². The van der Waals surface area contributed by atoms with E-state index in [-0.39, 0.29) is 78.7 Å². The van der Waals surface area contributed by atoms with E-state index in [0.29, 0.717) is 34.8 Å². The van der Waals surface area contributed by atoms with Crippen molar-refractivity contribution in [1.82, 2.24) is 0 Å². The van der Waals surface area contributed by atoms with E-state index in [1.54, 1.807) is 0 Å². The summed E-state index contributed by atoms with van der Waals surface area (Å²) in [5.41, 5.74) is 0.00214. The molecule has 1 fully saturated rings. The quantitative estimate of drug-likeness (QED) is 0.0933. The first-order valence-corrected chi connectivity index (χ1v) is 19.9. The molecule has 67 heavy (non-hydrogen) atoms. The third-order valence-corrected chi connectivity index (χ3v) is 14.6. The molecule has 34 heteroatoms. The molecule has 2 aliphatic rings. The Balaban J connectivity index is 1.30. The molecule has 1 saturated heterocycles. The van der Waals surface area contributed by atoms with Crippen molar-refractivity contribution in [2.75, 3.05) is 13.2 Å². The second-order valence-corrected chi connectivity index (χ2v) is 18.0. The van der Waals surface area contributed by atoms with Gasteiger partial charge in [-0.05, 0) is 36.4 Å². The summed E-state index contributed by atoms with van der Waals surface area (Å²) in [5, 5.41) is 0. The van der Waals surface area contributed by atoms with Crippen molar-refractivity contribution in [3.63, 3.8) is 0 Å². The lowest BCUT2D eigenvalue weighted by molar-refractivity contribution is -0.435. The number of carbonyl (C=O) groups is 2. The third-order valence-electron chi connectivity index (χ3n) is 9.66. The Labute approximate surface area is 366 Å². The fraction of sp³-hybridized carbons (Fsp3) is 0.455. The number of hydrogen-bond acceptors (Lipinski definition) is 8. The maximum atomic E-state index is 14.7. The van der Waals surface area contributed by atoms with Gasteiger partial charge in [-0.2, -0.15) is 114 Å². The van der Waals surface area contributed by atoms with Gasteiger partial charge in [0.05, 0.1) is 32.7 Å². The van der Waals surface area contributed by atoms with Gasteiger partial charge in [0.15, 0.2) is 0 Å². The molecule has 4 aromatic rings. The first kappa shape index (κ1) is 52.6. The molecule has 6 rings (SSSR count). The molecule has 0 saturated carbocycles. The predicted molar refractivity (Wildman–Crippen MR) is 177 cm³/mol. The van der Waals surface area contributed by atoms with Crippen LogP contribution in [0, 0.1) is 0 Å². The zero-order chi connectivity index (χ0) is 51.3. The van der Waals surface area contributed by atoms with Crippen LogP contribution in [0.15, 0.2) is 36.4 Å². The predicted octanol–water partition coefficient (Wildman–Crippen LogP) is 14.3. The molecule has 4 aromatic heterocycles. The van der Waals surface area contributed by atoms with Crippen molar-refractivity contribution in [2.24, 2.45) is 0 Å². The maximum absolute atomic E-state index is 14.7. The molecule has 5 heterocycles. The van der Waals surface area contributed by atoms with E-state index in [0.717, 1.165) is 12.1 Å². The largest absolute Gasteiger partial charge is 0.460 e. The molecule has 0 unspecified atom stereocenters. The lowest BCUT2D eigenvalue weighted by Crippen LogP contribution is -2.71. The number of alkyl halides is 26. The minimum atomic E-state index is -8.28. The molecule has 0 bridgehead atoms. The monoisotopic (exact) mass is 1090 g/mol. The highest BCUT2D eigenvalue weighted by Gasteiger charge is 2.93. The number of Topliss-reactive ketones (excluding diaryl/α,β-unsaturated/α-hetero) is 2. The summed E-state index contributed by atoms with van der Waals surface area (Å²) >= 11 is 0.630. The molecule has 372 valence electrons. The molecule has 0 N–H and O–H groups in total. The number of ether oxygens (including phenoxy) is 2. The summed E-state index contributed by atoms with van der Waals surface area (Å²) in [7, 11) is 0. The topological polar surface area (TPSA) is 52.6 Å². The SMILES string of the molecule is O=C(c1ccc(-c2cc3c(s2)-c2sc(-c4ccc(C(=O)C(F)(F)C(F)(F)C(F)(F)C(F)(F)C(F)(F)C(F)(F)F)s4)cc2C32OCCO2)s1)C(F)(F)C(F)(F)C(F)(F)C(F)(F)C(F)(F)C(F)(F)F. The highest BCUT2D eigenvalue weighted by Crippen LogP contribution is 2.64. The average Bonchev–Trinajstić information content (AvgIpc) is 4.04. The van der Waals surface area contributed by atoms with Crippen LogP contribution in [0.5, 0.6) is 0 Å². The Morgan fingerprint density at radius 2 is 0.672 bits per heavy atom. The van der Waals surface area contributed by atoms with Gasteiger partial charge in [-0.3, -0.25) is 9.59 Å². The van der Waals surface area contributed by atoms with E-state index in [2.05, 4.69) is 0 Å². The van der Waals surface area contributed by atoms with Crippen LogP contribution in [0.1, 0.15) is 30.5 Å². The van der Waals surface area contributed by atoms with Crippen LogP contribution in [-0.2, 0) is 15.3 Å². The zero-order valence-electron chi connectivity index (χ0n) is 30.5. The fourth-order valence-electron chi connectivity index (χ4n) is 6.04. The lowest BCUT2D eigenvalue weighted by Gasteiger charge is -2.39. The highest BCUT2D eigenvalue weighted by molar-refractivity contribution is 7.29. The normalized spacial score (nSPS) is 17.1. The maximum Gasteiger partial charge on any atom is 0.460 e. The molecule has 4 nitrogen and oxygen atoms in total. The van der Waals surface area contributed by atoms with Crippen molar-refractivity contribution < 1.29 is 133 Å². The standard InChI is InChI=1S/C33H10F26O4S4/c34-22(35,24(38,39)26(42,43)28(46,47)30(50,51)32(54,55)56)19(60)13-3-1-11(64-13)15-7-9-17(66-15)18-10(21(9)62-5-6-63-21)8-16(67-18)12-2-4-14(65-12)20(61)23(36,37)25(40,41)27(44,45)29(48,49)31(52,53)33(57,58)59/h1-4,7-8H,5-6H2. The van der Waals surface area contributed by atoms with Crippen molar-refractivity contribution in [3.8, 4) is 29.3 Å². The van der Waals surface area contributed by atoms with Gasteiger partial charge in [0.25, 0.3) is 0 Å². The van der Waals surface area contributed by atoms with Crippen molar-refractivity contribution in [2.45, 2.75) is 77.4 Å². The smallest absolute Gasteiger partial charge is 0.340 e. The molecule has 0 aromatic carbocycles. The van der Waals surface area contributed by atoms with Crippen LogP contribution in [0.25, 0.3) is 29.3 Å². The molecule has 1 aliphatic carbocycles. The van der Waals surface area contributed by atoms with E-state index >= 15 is 0 Å². The highest BCUT2D eigenvalue weighted by atomic mass is 32.1. The molecule has 1 aliphatic heterocycles. The Hall–Kier alpha value is -3.76. The first-order chi connectivity index (χ1) is 29.9. The molecule has 0 radical (unpaired) electrons. The van der Waals surface area contributed by atoms with Gasteiger partial charge in [-0.25, -0.2) is 0 Å². The van der Waals surface area contributed by atoms with Crippen LogP contribution < -0.4 is 0 Å². The number of carbonyl (C=O) groups excluding carboxylic acids is 2. The summed E-state index contributed by atoms with van der Waals surface area (Å²) in [6.45, 7) is -0.484. The molecule has 0 atom stereocenters. The number of hydrogen-bond donors (Lipinski definition) is 0. The minimum Gasteiger partial charge on any atom is -0.340 e. The third kappa shape index (κ3) is 6.88. The summed E-state index contributed by atoms with van der Waals surface area (Å²) < 4.78 is 367. The Morgan fingerprint density at radius 3 is 0.955 bits per heavy atom. The van der Waals surface area contributed by atoms with E-state index in [1.165, 1.54) is 0 Å². The van der Waals surface area contributed by atoms with Gasteiger partial charge in [0.2, 0.25) is 17.4 Å². The molecule has 0 amide bonds. The van der Waals surface area contributed by atoms with E-state index in [4.69, 9.17) is 9.47 Å². The van der Waals surface area contributed by atoms with Crippen LogP contribution in [0.3, 0.4) is 0 Å². The van der Waals surface area contributed by atoms with Gasteiger partial charge in [-0.1, -0.05) is 0 Å². The van der Waals surface area contributed by atoms with E-state index < -0.39 is 108 Å². The first-order valence-electron chi connectivity index (χ1n) is 16.7. The molecular formula is C33H10F26O4S4. The summed E-state index contributed by atoms with van der Waals surface area (Å²) in [6, 6.07) is 3.97. The van der Waals surface area contributed by atoms with Gasteiger partial charge in [0.1, 0.15) is 0 Å². The summed E-state index contributed by atoms with van der Waals surface area (Å²) in [5.74, 6) is -88.2. The van der Waals surface area contributed by atoms with Crippen molar-refractivity contribution in [3.05, 3.63) is 57.3 Å². The number of halogens is 26. The summed E-state index contributed by atoms with van der Waals surface area (Å²) in [6.07, 6.45) is -15.4. The van der Waals surface area contributed by atoms with Crippen molar-refractivity contribution >= 4 is 56.9 Å². The van der Waals surface area contributed by atoms with Gasteiger partial charge in [-0.15, -0.1) is 45.3 Å². The average molecular weight is 1090 g/mol. The fourth-order valence-corrected chi connectivity index (χ4v) is 10.7. The summed E-state index contributed by atoms with van der Waals surface area (Å²) in [4.78, 5) is 20.4. The van der Waals surface area contributed by atoms with Gasteiger partial charge < -0.3 is 9.47 Å². The zero-order valence-corrected chi connectivity index (χ0v) is 33.7. The second kappa shape index (κ2) is 15.1. The van der Waals surface area contributed by atoms with Crippen molar-refractivity contribution in [1.29, 1.82) is 0 Å². The number of thiophene rings is 4. The molecule has 1 spiro atoms. The number of fused-ring (bicyclic) bond motifs is 5. The van der Waals surface area contributed by atoms with E-state index in [1.807, 2.05) is 0 Å². The number of ketones is 2. The lowest BCUT2D eigenvalue weighted by atomic mass is 9.92. The van der Waals surface area contributed by atoms with Gasteiger partial charge in [0, 0.05) is 30.6 Å². The van der Waals surface area contributed by atoms with Crippen LogP contribution >= 0.6 is 45.3 Å². The molecular weight excluding hydrogens is 1080 g/mol. The van der Waals surface area contributed by atoms with Gasteiger partial charge >= 0.3 is 71.6 Å². The van der Waals surface area contributed by atoms with Crippen LogP contribution in [0.4, 0.5) is 114 Å². The minimum absolute atomic E-state index is 0.00107.